The first-order chi connectivity index (χ1) is 3.80. The van der Waals surface area contributed by atoms with Crippen LogP contribution in [0, 0.1) is 0 Å². The Morgan fingerprint density at radius 2 is 1.75 bits per heavy atom. The molecule has 0 radical (unpaired) electrons. The van der Waals surface area contributed by atoms with Crippen molar-refractivity contribution in [3.8, 4) is 0 Å². The summed E-state index contributed by atoms with van der Waals surface area (Å²) >= 11 is 0. The van der Waals surface area contributed by atoms with Gasteiger partial charge in [0.25, 0.3) is 0 Å². The van der Waals surface area contributed by atoms with E-state index in [0.717, 1.165) is 13.1 Å². The van der Waals surface area contributed by atoms with E-state index in [0.29, 0.717) is 0 Å². The smallest absolute Gasteiger partial charge is 0.0724 e. The van der Waals surface area contributed by atoms with Gasteiger partial charge in [0.15, 0.2) is 0 Å². The van der Waals surface area contributed by atoms with E-state index in [2.05, 4.69) is 22.6 Å². The highest BCUT2D eigenvalue weighted by molar-refractivity contribution is 7.77. The Hall–Kier alpha value is -0.310. The lowest BCUT2D eigenvalue weighted by atomic mass is 10.6. The highest BCUT2D eigenvalue weighted by atomic mass is 32.1. The van der Waals surface area contributed by atoms with Gasteiger partial charge in [-0.15, -0.1) is 0 Å². The van der Waals surface area contributed by atoms with Gasteiger partial charge in [0, 0.05) is 4.86 Å². The summed E-state index contributed by atoms with van der Waals surface area (Å²) in [5.41, 5.74) is 0. The normalized spacial score (nSPS) is 17.5. The van der Waals surface area contributed by atoms with E-state index in [1.807, 2.05) is 0 Å². The van der Waals surface area contributed by atoms with Gasteiger partial charge in [-0.3, -0.25) is 0 Å². The van der Waals surface area contributed by atoms with Crippen LogP contribution in [-0.4, -0.2) is 18.0 Å². The van der Waals surface area contributed by atoms with Gasteiger partial charge in [-0.25, -0.2) is 8.73 Å². The summed E-state index contributed by atoms with van der Waals surface area (Å²) in [6, 6.07) is 0. The molecule has 0 aromatic heterocycles. The molecule has 0 saturated carbocycles. The zero-order chi connectivity index (χ0) is 5.98. The van der Waals surface area contributed by atoms with Crippen LogP contribution in [0.5, 0.6) is 0 Å². The van der Waals surface area contributed by atoms with Crippen molar-refractivity contribution in [2.24, 2.45) is 8.73 Å². The predicted octanol–water partition coefficient (Wildman–Crippen LogP) is 1.20. The van der Waals surface area contributed by atoms with Crippen LogP contribution in [0.15, 0.2) is 8.73 Å². The van der Waals surface area contributed by atoms with Gasteiger partial charge in [0.05, 0.1) is 13.1 Å². The molecule has 0 bridgehead atoms. The van der Waals surface area contributed by atoms with E-state index in [9.17, 15) is 0 Å². The average Bonchev–Trinajstić information content (AvgIpc) is 2.12. The summed E-state index contributed by atoms with van der Waals surface area (Å²) in [7, 11) is -0.0123. The van der Waals surface area contributed by atoms with Gasteiger partial charge in [-0.05, 0) is 23.9 Å². The molecule has 0 fully saturated rings. The molecule has 0 amide bonds. The highest BCUT2D eigenvalue weighted by Crippen LogP contribution is 1.87. The third-order valence-corrected chi connectivity index (χ3v) is 2.48. The number of rotatable bonds is 0. The largest absolute Gasteiger partial charge is 0.222 e. The highest BCUT2D eigenvalue weighted by Gasteiger charge is 1.86. The molecule has 0 aromatic carbocycles. The van der Waals surface area contributed by atoms with Crippen molar-refractivity contribution in [2.75, 3.05) is 13.1 Å². The summed E-state index contributed by atoms with van der Waals surface area (Å²) < 4.78 is 8.52. The second-order valence-corrected chi connectivity index (χ2v) is 3.74. The van der Waals surface area contributed by atoms with Crippen LogP contribution in [0.3, 0.4) is 0 Å². The van der Waals surface area contributed by atoms with Crippen LogP contribution < -0.4 is 0 Å². The van der Waals surface area contributed by atoms with Gasteiger partial charge in [-0.1, -0.05) is 0 Å². The zero-order valence-corrected chi connectivity index (χ0v) is 6.03. The maximum Gasteiger partial charge on any atom is 0.0724 e. The molecule has 2 nitrogen and oxygen atoms in total. The van der Waals surface area contributed by atoms with Crippen molar-refractivity contribution < 1.29 is 0 Å². The fraction of sp³-hybridized carbons (Fsp3) is 0.800. The summed E-state index contributed by atoms with van der Waals surface area (Å²) in [6.07, 6.45) is 0. The van der Waals surface area contributed by atoms with Crippen LogP contribution in [0.4, 0.5) is 0 Å². The molecule has 1 heterocycles. The van der Waals surface area contributed by atoms with E-state index in [-0.39, 0.29) is 10.1 Å². The molecule has 0 atom stereocenters. The van der Waals surface area contributed by atoms with Gasteiger partial charge < -0.3 is 0 Å². The first-order valence-corrected chi connectivity index (χ1v) is 3.84. The minimum atomic E-state index is -0.0123. The molecular formula is C5H10N2S. The fourth-order valence-corrected chi connectivity index (χ4v) is 1.66. The first-order valence-electron chi connectivity index (χ1n) is 2.70. The molecular weight excluding hydrogens is 120 g/mol. The lowest BCUT2D eigenvalue weighted by Gasteiger charge is -1.74. The second kappa shape index (κ2) is 2.31. The Labute approximate surface area is 51.4 Å². The second-order valence-electron chi connectivity index (χ2n) is 1.88. The van der Waals surface area contributed by atoms with Gasteiger partial charge in [0.2, 0.25) is 0 Å². The number of hydrogen-bond acceptors (Lipinski definition) is 2. The molecule has 1 rings (SSSR count). The molecule has 1 aliphatic rings. The van der Waals surface area contributed by atoms with Crippen molar-refractivity contribution in [1.82, 2.24) is 0 Å². The van der Waals surface area contributed by atoms with Crippen LogP contribution >= 0.6 is 0 Å². The summed E-state index contributed by atoms with van der Waals surface area (Å²) in [5.74, 6) is 0. The van der Waals surface area contributed by atoms with Gasteiger partial charge in [0.1, 0.15) is 0 Å². The molecule has 3 heteroatoms. The third-order valence-electron chi connectivity index (χ3n) is 0.892. The molecule has 46 valence electrons. The van der Waals surface area contributed by atoms with E-state index in [1.165, 1.54) is 4.86 Å². The zero-order valence-electron chi connectivity index (χ0n) is 5.22. The Morgan fingerprint density at radius 1 is 1.25 bits per heavy atom. The standard InChI is InChI=1S/C5H10N2S/c1-5(2)8-6-3-4-7-8/h3-4H2,1-2H3. The third kappa shape index (κ3) is 1.10. The average molecular weight is 130 g/mol. The van der Waals surface area contributed by atoms with Gasteiger partial charge in [-0.2, -0.15) is 0 Å². The van der Waals surface area contributed by atoms with Crippen LogP contribution in [0.1, 0.15) is 13.8 Å². The van der Waals surface area contributed by atoms with E-state index >= 15 is 0 Å². The number of nitrogens with zero attached hydrogens (tertiary/aromatic N) is 2. The van der Waals surface area contributed by atoms with Crippen LogP contribution in [-0.2, 0) is 10.1 Å². The Bertz CT molecular complexity index is 203. The topological polar surface area (TPSA) is 24.7 Å². The van der Waals surface area contributed by atoms with E-state index < -0.39 is 0 Å². The molecule has 0 aliphatic carbocycles. The Balaban J connectivity index is 3.17. The van der Waals surface area contributed by atoms with Crippen molar-refractivity contribution >= 4 is 14.9 Å². The van der Waals surface area contributed by atoms with Crippen molar-refractivity contribution in [3.05, 3.63) is 0 Å². The predicted molar refractivity (Wildman–Crippen MR) is 38.3 cm³/mol. The van der Waals surface area contributed by atoms with E-state index in [1.54, 1.807) is 0 Å². The monoisotopic (exact) mass is 130 g/mol. The van der Waals surface area contributed by atoms with E-state index in [4.69, 9.17) is 0 Å². The van der Waals surface area contributed by atoms with Crippen molar-refractivity contribution in [2.45, 2.75) is 13.8 Å². The maximum absolute atomic E-state index is 4.26. The minimum Gasteiger partial charge on any atom is -0.222 e. The fourth-order valence-electron chi connectivity index (χ4n) is 0.554. The van der Waals surface area contributed by atoms with Crippen LogP contribution in [0.25, 0.3) is 0 Å². The van der Waals surface area contributed by atoms with Crippen molar-refractivity contribution in [1.29, 1.82) is 0 Å². The molecule has 1 aliphatic heterocycles. The van der Waals surface area contributed by atoms with Crippen molar-refractivity contribution in [3.63, 3.8) is 0 Å². The summed E-state index contributed by atoms with van der Waals surface area (Å²) in [4.78, 5) is 1.34. The maximum atomic E-state index is 4.26. The quantitative estimate of drug-likeness (QED) is 0.440. The lowest BCUT2D eigenvalue weighted by molar-refractivity contribution is 1.04. The molecule has 0 spiro atoms. The molecule has 0 N–H and O–H groups in total. The molecule has 0 aromatic rings. The Kier molecular flexibility index (Phi) is 1.68. The summed E-state index contributed by atoms with van der Waals surface area (Å²) in [5, 5.41) is 0. The van der Waals surface area contributed by atoms with Gasteiger partial charge >= 0.3 is 0 Å². The first kappa shape index (κ1) is 5.82. The SMILES string of the molecule is CC(C)=S1=NCCN=1. The molecule has 8 heavy (non-hydrogen) atoms. The summed E-state index contributed by atoms with van der Waals surface area (Å²) in [6.45, 7) is 6.05. The molecule has 0 unspecified atom stereocenters. The minimum absolute atomic E-state index is 0.0123. The number of hydrogen-bond donors (Lipinski definition) is 0. The lowest BCUT2D eigenvalue weighted by Crippen LogP contribution is -1.77. The molecule has 0 saturated heterocycles. The Morgan fingerprint density at radius 3 is 2.00 bits per heavy atom. The van der Waals surface area contributed by atoms with Crippen LogP contribution in [0.2, 0.25) is 0 Å².